The summed E-state index contributed by atoms with van der Waals surface area (Å²) >= 11 is 0.815. The number of sulfonamides is 1. The minimum absolute atomic E-state index is 0.00423. The van der Waals surface area contributed by atoms with E-state index in [0.717, 1.165) is 23.3 Å². The molecule has 186 valence electrons. The molecule has 2 aromatic rings. The Hall–Kier alpha value is -2.81. The summed E-state index contributed by atoms with van der Waals surface area (Å²) in [4.78, 5) is 13.9. The Labute approximate surface area is 198 Å². The van der Waals surface area contributed by atoms with Crippen LogP contribution in [-0.4, -0.2) is 56.7 Å². The molecule has 0 unspecified atom stereocenters. The van der Waals surface area contributed by atoms with Crippen LogP contribution < -0.4 is 9.62 Å². The lowest BCUT2D eigenvalue weighted by Gasteiger charge is -2.28. The van der Waals surface area contributed by atoms with Gasteiger partial charge in [0, 0.05) is 19.3 Å². The van der Waals surface area contributed by atoms with E-state index < -0.39 is 27.9 Å². The van der Waals surface area contributed by atoms with Gasteiger partial charge in [0.1, 0.15) is 5.69 Å². The number of aromatic nitrogens is 2. The van der Waals surface area contributed by atoms with Crippen LogP contribution in [0.1, 0.15) is 35.6 Å². The fraction of sp³-hybridized carbons (Fsp3) is 0.526. The van der Waals surface area contributed by atoms with Gasteiger partial charge < -0.3 is 9.64 Å². The zero-order valence-corrected chi connectivity index (χ0v) is 20.2. The van der Waals surface area contributed by atoms with Crippen molar-refractivity contribution in [2.45, 2.75) is 32.9 Å². The molecule has 0 amide bonds. The summed E-state index contributed by atoms with van der Waals surface area (Å²) in [5.41, 5.74) is 1.39. The Morgan fingerprint density at radius 3 is 2.71 bits per heavy atom. The summed E-state index contributed by atoms with van der Waals surface area (Å²) in [5.74, 6) is -2.56. The number of benzene rings is 1. The molecule has 1 aliphatic rings. The molecule has 0 bridgehead atoms. The van der Waals surface area contributed by atoms with Crippen molar-refractivity contribution in [1.29, 1.82) is 0 Å². The normalized spacial score (nSPS) is 14.5. The standard InChI is InChI=1S/C19H23F3N6O4S2/c1-11(2)9-32-17(29)16-24-26-18(33-16)25-23-13-7-12-5-4-6-28(3)15(12)8-14(13)27-34(30,31)10-19(20,21)22/h7-8,11,27H,4-6,9-10H2,1-3H3. The summed E-state index contributed by atoms with van der Waals surface area (Å²) in [6, 6.07) is 3.00. The first-order valence-corrected chi connectivity index (χ1v) is 12.7. The molecule has 15 heteroatoms. The van der Waals surface area contributed by atoms with Gasteiger partial charge in [0.15, 0.2) is 5.75 Å². The molecule has 1 N–H and O–H groups in total. The second-order valence-electron chi connectivity index (χ2n) is 8.08. The van der Waals surface area contributed by atoms with E-state index in [2.05, 4.69) is 20.4 Å². The number of nitrogens with zero attached hydrogens (tertiary/aromatic N) is 5. The van der Waals surface area contributed by atoms with Gasteiger partial charge >= 0.3 is 12.1 Å². The highest BCUT2D eigenvalue weighted by atomic mass is 32.2. The minimum Gasteiger partial charge on any atom is -0.460 e. The van der Waals surface area contributed by atoms with Crippen molar-refractivity contribution < 1.29 is 31.1 Å². The van der Waals surface area contributed by atoms with Crippen molar-refractivity contribution in [3.05, 3.63) is 22.7 Å². The minimum atomic E-state index is -4.91. The van der Waals surface area contributed by atoms with Gasteiger partial charge in [-0.1, -0.05) is 25.2 Å². The molecule has 0 fully saturated rings. The monoisotopic (exact) mass is 520 g/mol. The maximum absolute atomic E-state index is 12.7. The van der Waals surface area contributed by atoms with E-state index in [-0.39, 0.29) is 34.0 Å². The number of halogens is 3. The molecule has 1 aromatic carbocycles. The predicted octanol–water partition coefficient (Wildman–Crippen LogP) is 4.45. The first kappa shape index (κ1) is 25.8. The number of esters is 1. The molecule has 34 heavy (non-hydrogen) atoms. The second kappa shape index (κ2) is 10.2. The number of azo groups is 1. The molecule has 2 heterocycles. The van der Waals surface area contributed by atoms with Crippen LogP contribution >= 0.6 is 11.3 Å². The summed E-state index contributed by atoms with van der Waals surface area (Å²) < 4.78 is 69.3. The highest BCUT2D eigenvalue weighted by molar-refractivity contribution is 7.92. The van der Waals surface area contributed by atoms with Gasteiger partial charge in [-0.05, 0) is 36.5 Å². The molecule has 0 radical (unpaired) electrons. The van der Waals surface area contributed by atoms with Crippen molar-refractivity contribution in [3.8, 4) is 0 Å². The predicted molar refractivity (Wildman–Crippen MR) is 121 cm³/mol. The third-order valence-corrected chi connectivity index (χ3v) is 6.57. The Balaban J connectivity index is 1.89. The summed E-state index contributed by atoms with van der Waals surface area (Å²) in [6.45, 7) is 4.68. The molecule has 0 atom stereocenters. The number of hydrogen-bond donors (Lipinski definition) is 1. The average molecular weight is 521 g/mol. The van der Waals surface area contributed by atoms with Crippen LogP contribution in [0.4, 0.5) is 35.4 Å². The SMILES string of the molecule is CC(C)COC(=O)c1nnc(N=Nc2cc3c(cc2NS(=O)(=O)CC(F)(F)F)N(C)CCC3)s1. The Kier molecular flexibility index (Phi) is 7.75. The molecule has 1 aromatic heterocycles. The number of aryl methyl sites for hydroxylation is 1. The topological polar surface area (TPSA) is 126 Å². The first-order valence-electron chi connectivity index (χ1n) is 10.2. The van der Waals surface area contributed by atoms with E-state index in [4.69, 9.17) is 4.74 Å². The van der Waals surface area contributed by atoms with Gasteiger partial charge in [0.05, 0.1) is 12.3 Å². The number of alkyl halides is 3. The molecule has 10 nitrogen and oxygen atoms in total. The van der Waals surface area contributed by atoms with Crippen LogP contribution in [0.5, 0.6) is 0 Å². The molecule has 1 aliphatic heterocycles. The van der Waals surface area contributed by atoms with Gasteiger partial charge in [0.2, 0.25) is 15.0 Å². The van der Waals surface area contributed by atoms with Gasteiger partial charge in [-0.15, -0.1) is 20.4 Å². The summed E-state index contributed by atoms with van der Waals surface area (Å²) in [5, 5.41) is 15.3. The van der Waals surface area contributed by atoms with E-state index in [1.54, 1.807) is 13.1 Å². The lowest BCUT2D eigenvalue weighted by molar-refractivity contribution is -0.106. The number of anilines is 2. The smallest absolute Gasteiger partial charge is 0.404 e. The van der Waals surface area contributed by atoms with E-state index in [1.807, 2.05) is 23.5 Å². The largest absolute Gasteiger partial charge is 0.460 e. The number of nitrogens with one attached hydrogen (secondary N) is 1. The van der Waals surface area contributed by atoms with Crippen molar-refractivity contribution in [2.75, 3.05) is 35.6 Å². The van der Waals surface area contributed by atoms with Crippen molar-refractivity contribution in [1.82, 2.24) is 10.2 Å². The molecular weight excluding hydrogens is 497 g/mol. The number of rotatable bonds is 8. The third kappa shape index (κ3) is 7.09. The lowest BCUT2D eigenvalue weighted by Crippen LogP contribution is -2.28. The molecular formula is C19H23F3N6O4S2. The van der Waals surface area contributed by atoms with Crippen LogP contribution in [0.3, 0.4) is 0 Å². The Bertz CT molecular complexity index is 1180. The van der Waals surface area contributed by atoms with E-state index >= 15 is 0 Å². The third-order valence-electron chi connectivity index (χ3n) is 4.55. The van der Waals surface area contributed by atoms with E-state index in [0.29, 0.717) is 18.7 Å². The Morgan fingerprint density at radius 2 is 2.03 bits per heavy atom. The summed E-state index contributed by atoms with van der Waals surface area (Å²) in [7, 11) is -2.94. The van der Waals surface area contributed by atoms with Crippen LogP contribution in [-0.2, 0) is 21.2 Å². The van der Waals surface area contributed by atoms with Gasteiger partial charge in [-0.3, -0.25) is 4.72 Å². The molecule has 0 spiro atoms. The maximum Gasteiger partial charge on any atom is 0.404 e. The number of ether oxygens (including phenoxy) is 1. The fourth-order valence-electron chi connectivity index (χ4n) is 3.13. The van der Waals surface area contributed by atoms with Crippen LogP contribution in [0.15, 0.2) is 22.4 Å². The summed E-state index contributed by atoms with van der Waals surface area (Å²) in [6.07, 6.45) is -3.38. The zero-order valence-electron chi connectivity index (χ0n) is 18.6. The van der Waals surface area contributed by atoms with Crippen LogP contribution in [0.2, 0.25) is 0 Å². The number of carbonyl (C=O) groups excluding carboxylic acids is 1. The first-order chi connectivity index (χ1) is 15.8. The molecule has 0 saturated heterocycles. The molecule has 3 rings (SSSR count). The molecule has 0 saturated carbocycles. The molecule has 0 aliphatic carbocycles. The average Bonchev–Trinajstić information content (AvgIpc) is 3.18. The number of carbonyl (C=O) groups is 1. The maximum atomic E-state index is 12.7. The van der Waals surface area contributed by atoms with E-state index in [9.17, 15) is 26.4 Å². The van der Waals surface area contributed by atoms with Gasteiger partial charge in [0.25, 0.3) is 5.13 Å². The van der Waals surface area contributed by atoms with Gasteiger partial charge in [-0.2, -0.15) is 13.2 Å². The fourth-order valence-corrected chi connectivity index (χ4v) is 4.69. The lowest BCUT2D eigenvalue weighted by atomic mass is 10.0. The van der Waals surface area contributed by atoms with Crippen molar-refractivity contribution in [2.24, 2.45) is 16.1 Å². The van der Waals surface area contributed by atoms with Crippen molar-refractivity contribution >= 4 is 49.5 Å². The second-order valence-corrected chi connectivity index (χ2v) is 10.8. The Morgan fingerprint density at radius 1 is 1.29 bits per heavy atom. The van der Waals surface area contributed by atoms with Crippen LogP contribution in [0.25, 0.3) is 0 Å². The van der Waals surface area contributed by atoms with Crippen LogP contribution in [0, 0.1) is 5.92 Å². The quantitative estimate of drug-likeness (QED) is 0.402. The zero-order chi connectivity index (χ0) is 25.1. The van der Waals surface area contributed by atoms with Gasteiger partial charge in [-0.25, -0.2) is 13.2 Å². The van der Waals surface area contributed by atoms with Crippen molar-refractivity contribution in [3.63, 3.8) is 0 Å². The number of fused-ring (bicyclic) bond motifs is 1. The highest BCUT2D eigenvalue weighted by Gasteiger charge is 2.35. The number of hydrogen-bond acceptors (Lipinski definition) is 10. The van der Waals surface area contributed by atoms with E-state index in [1.165, 1.54) is 6.07 Å². The highest BCUT2D eigenvalue weighted by Crippen LogP contribution is 2.38.